The molecule has 0 aromatic carbocycles. The third kappa shape index (κ3) is 2.62. The van der Waals surface area contributed by atoms with Crippen molar-refractivity contribution in [3.8, 4) is 0 Å². The molecule has 0 saturated carbocycles. The van der Waals surface area contributed by atoms with Crippen molar-refractivity contribution in [2.75, 3.05) is 27.2 Å². The van der Waals surface area contributed by atoms with Crippen LogP contribution < -0.4 is 0 Å². The van der Waals surface area contributed by atoms with E-state index in [1.54, 1.807) is 0 Å². The van der Waals surface area contributed by atoms with Gasteiger partial charge < -0.3 is 14.6 Å². The number of imidazole rings is 1. The Kier molecular flexibility index (Phi) is 3.61. The van der Waals surface area contributed by atoms with E-state index in [1.807, 2.05) is 0 Å². The fraction of sp³-hybridized carbons (Fsp3) is 0.750. The predicted molar refractivity (Wildman–Crippen MR) is 63.4 cm³/mol. The number of aromatic nitrogens is 2. The fourth-order valence-electron chi connectivity index (χ4n) is 2.17. The van der Waals surface area contributed by atoms with Gasteiger partial charge in [-0.2, -0.15) is 0 Å². The van der Waals surface area contributed by atoms with E-state index in [0.717, 1.165) is 38.2 Å². The lowest BCUT2D eigenvalue weighted by molar-refractivity contribution is 0.199. The van der Waals surface area contributed by atoms with E-state index in [-0.39, 0.29) is 0 Å². The molecule has 0 fully saturated rings. The maximum atomic E-state index is 9.16. The Morgan fingerprint density at radius 3 is 3.06 bits per heavy atom. The second-order valence-electron chi connectivity index (χ2n) is 4.94. The molecular formula is C12H21N3O. The Morgan fingerprint density at radius 2 is 2.38 bits per heavy atom. The van der Waals surface area contributed by atoms with Crippen molar-refractivity contribution in [1.82, 2.24) is 14.5 Å². The summed E-state index contributed by atoms with van der Waals surface area (Å²) in [6.07, 6.45) is 5.19. The molecular weight excluding hydrogens is 202 g/mol. The molecule has 0 radical (unpaired) electrons. The monoisotopic (exact) mass is 223 g/mol. The highest BCUT2D eigenvalue weighted by atomic mass is 16.3. The van der Waals surface area contributed by atoms with Crippen molar-refractivity contribution >= 4 is 0 Å². The van der Waals surface area contributed by atoms with E-state index < -0.39 is 0 Å². The molecule has 2 heterocycles. The van der Waals surface area contributed by atoms with E-state index >= 15 is 0 Å². The molecule has 0 bridgehead atoms. The summed E-state index contributed by atoms with van der Waals surface area (Å²) in [5, 5.41) is 9.16. The number of aliphatic hydroxyl groups is 1. The summed E-state index contributed by atoms with van der Waals surface area (Å²) in [5.41, 5.74) is 1.18. The van der Waals surface area contributed by atoms with Crippen LogP contribution in [-0.4, -0.2) is 46.8 Å². The molecule has 0 spiro atoms. The fourth-order valence-corrected chi connectivity index (χ4v) is 2.17. The molecule has 1 aliphatic heterocycles. The summed E-state index contributed by atoms with van der Waals surface area (Å²) in [6, 6.07) is 0. The van der Waals surface area contributed by atoms with E-state index in [1.165, 1.54) is 5.69 Å². The second-order valence-corrected chi connectivity index (χ2v) is 4.94. The number of rotatable bonds is 4. The molecule has 1 atom stereocenters. The largest absolute Gasteiger partial charge is 0.396 e. The smallest absolute Gasteiger partial charge is 0.109 e. The van der Waals surface area contributed by atoms with Crippen LogP contribution in [-0.2, 0) is 19.4 Å². The average molecular weight is 223 g/mol. The summed E-state index contributed by atoms with van der Waals surface area (Å²) in [6.45, 7) is 2.34. The lowest BCUT2D eigenvalue weighted by atomic mass is 9.99. The quantitative estimate of drug-likeness (QED) is 0.810. The Bertz CT molecular complexity index is 346. The topological polar surface area (TPSA) is 41.3 Å². The minimum Gasteiger partial charge on any atom is -0.396 e. The van der Waals surface area contributed by atoms with Gasteiger partial charge in [0.1, 0.15) is 5.82 Å². The van der Waals surface area contributed by atoms with Crippen LogP contribution in [0.15, 0.2) is 6.20 Å². The lowest BCUT2D eigenvalue weighted by Gasteiger charge is -2.20. The molecule has 4 nitrogen and oxygen atoms in total. The molecule has 1 unspecified atom stereocenters. The van der Waals surface area contributed by atoms with E-state index in [9.17, 15) is 0 Å². The number of hydrogen-bond donors (Lipinski definition) is 1. The van der Waals surface area contributed by atoms with Gasteiger partial charge in [0.15, 0.2) is 0 Å². The first-order chi connectivity index (χ1) is 7.69. The van der Waals surface area contributed by atoms with Gasteiger partial charge in [0.25, 0.3) is 0 Å². The molecule has 1 aromatic rings. The lowest BCUT2D eigenvalue weighted by Crippen LogP contribution is -2.21. The predicted octanol–water partition coefficient (Wildman–Crippen LogP) is 0.542. The zero-order valence-corrected chi connectivity index (χ0v) is 10.2. The maximum Gasteiger partial charge on any atom is 0.109 e. The van der Waals surface area contributed by atoms with Crippen molar-refractivity contribution in [3.63, 3.8) is 0 Å². The van der Waals surface area contributed by atoms with Gasteiger partial charge in [-0.25, -0.2) is 4.98 Å². The second kappa shape index (κ2) is 4.97. The van der Waals surface area contributed by atoms with Crippen LogP contribution in [0, 0.1) is 5.92 Å². The number of aliphatic hydroxyl groups excluding tert-OH is 1. The zero-order chi connectivity index (χ0) is 11.5. The average Bonchev–Trinajstić information content (AvgIpc) is 2.67. The Balaban J connectivity index is 2.01. The Hall–Kier alpha value is -0.870. The van der Waals surface area contributed by atoms with Crippen LogP contribution in [0.4, 0.5) is 0 Å². The van der Waals surface area contributed by atoms with Crippen LogP contribution in [0.5, 0.6) is 0 Å². The van der Waals surface area contributed by atoms with Gasteiger partial charge in [-0.05, 0) is 26.4 Å². The summed E-state index contributed by atoms with van der Waals surface area (Å²) < 4.78 is 2.25. The van der Waals surface area contributed by atoms with Crippen LogP contribution in [0.2, 0.25) is 0 Å². The number of hydrogen-bond acceptors (Lipinski definition) is 3. The summed E-state index contributed by atoms with van der Waals surface area (Å²) in [7, 11) is 4.16. The molecule has 16 heavy (non-hydrogen) atoms. The minimum absolute atomic E-state index is 0.292. The number of aryl methyl sites for hydroxylation is 1. The van der Waals surface area contributed by atoms with Crippen molar-refractivity contribution < 1.29 is 5.11 Å². The van der Waals surface area contributed by atoms with E-state index in [2.05, 4.69) is 34.7 Å². The highest BCUT2D eigenvalue weighted by Crippen LogP contribution is 2.20. The summed E-state index contributed by atoms with van der Waals surface area (Å²) in [4.78, 5) is 6.82. The van der Waals surface area contributed by atoms with Crippen LogP contribution >= 0.6 is 0 Å². The molecule has 1 aliphatic rings. The number of likely N-dealkylation sites (N-methyl/N-ethyl adjacent to an activating group) is 1. The third-order valence-electron chi connectivity index (χ3n) is 3.23. The molecule has 1 aromatic heterocycles. The first-order valence-electron chi connectivity index (χ1n) is 5.99. The van der Waals surface area contributed by atoms with Crippen LogP contribution in [0.25, 0.3) is 0 Å². The highest BCUT2D eigenvalue weighted by Gasteiger charge is 2.19. The maximum absolute atomic E-state index is 9.16. The molecule has 2 rings (SSSR count). The van der Waals surface area contributed by atoms with E-state index in [4.69, 9.17) is 5.11 Å². The van der Waals surface area contributed by atoms with Crippen molar-refractivity contribution in [3.05, 3.63) is 17.7 Å². The normalized spacial score (nSPS) is 20.1. The first kappa shape index (κ1) is 11.6. The molecule has 90 valence electrons. The van der Waals surface area contributed by atoms with Crippen molar-refractivity contribution in [1.29, 1.82) is 0 Å². The molecule has 0 amide bonds. The summed E-state index contributed by atoms with van der Waals surface area (Å²) in [5.74, 6) is 1.57. The van der Waals surface area contributed by atoms with Crippen molar-refractivity contribution in [2.24, 2.45) is 5.92 Å². The SMILES string of the molecule is CN(C)CCc1cn2c(n1)CC(CO)CC2. The van der Waals surface area contributed by atoms with Gasteiger partial charge in [0.2, 0.25) is 0 Å². The number of nitrogens with zero attached hydrogens (tertiary/aromatic N) is 3. The molecule has 4 heteroatoms. The molecule has 0 saturated heterocycles. The minimum atomic E-state index is 0.292. The van der Waals surface area contributed by atoms with Gasteiger partial charge in [-0.15, -0.1) is 0 Å². The van der Waals surface area contributed by atoms with Crippen LogP contribution in [0.1, 0.15) is 17.9 Å². The van der Waals surface area contributed by atoms with E-state index in [0.29, 0.717) is 12.5 Å². The Morgan fingerprint density at radius 1 is 1.56 bits per heavy atom. The Labute approximate surface area is 96.9 Å². The molecule has 0 aliphatic carbocycles. The van der Waals surface area contributed by atoms with Gasteiger partial charge >= 0.3 is 0 Å². The van der Waals surface area contributed by atoms with Gasteiger partial charge in [-0.3, -0.25) is 0 Å². The third-order valence-corrected chi connectivity index (χ3v) is 3.23. The van der Waals surface area contributed by atoms with Gasteiger partial charge in [0, 0.05) is 38.7 Å². The molecule has 1 N–H and O–H groups in total. The first-order valence-corrected chi connectivity index (χ1v) is 5.99. The summed E-state index contributed by atoms with van der Waals surface area (Å²) >= 11 is 0. The number of fused-ring (bicyclic) bond motifs is 1. The van der Waals surface area contributed by atoms with Gasteiger partial charge in [0.05, 0.1) is 5.69 Å². The van der Waals surface area contributed by atoms with Crippen LogP contribution in [0.3, 0.4) is 0 Å². The van der Waals surface area contributed by atoms with Crippen molar-refractivity contribution in [2.45, 2.75) is 25.8 Å². The van der Waals surface area contributed by atoms with Gasteiger partial charge in [-0.1, -0.05) is 0 Å². The zero-order valence-electron chi connectivity index (χ0n) is 10.2. The highest BCUT2D eigenvalue weighted by molar-refractivity contribution is 5.07. The standard InChI is InChI=1S/C12H21N3O/c1-14(2)5-4-11-8-15-6-3-10(9-16)7-12(15)13-11/h8,10,16H,3-7,9H2,1-2H3.